The maximum Gasteiger partial charge on any atom is 0.258 e. The predicted octanol–water partition coefficient (Wildman–Crippen LogP) is 4.52. The summed E-state index contributed by atoms with van der Waals surface area (Å²) in [7, 11) is 0. The second-order valence-corrected chi connectivity index (χ2v) is 7.27. The molecule has 1 saturated carbocycles. The molecule has 4 nitrogen and oxygen atoms in total. The molecule has 2 N–H and O–H groups in total. The highest BCUT2D eigenvalue weighted by Gasteiger charge is 2.36. The Morgan fingerprint density at radius 1 is 1.33 bits per heavy atom. The lowest BCUT2D eigenvalue weighted by Crippen LogP contribution is -2.41. The highest BCUT2D eigenvalue weighted by Crippen LogP contribution is 2.37. The number of nitrogens with zero attached hydrogens (tertiary/aromatic N) is 2. The average molecular weight is 371 g/mol. The first-order valence-electron chi connectivity index (χ1n) is 7.06. The van der Waals surface area contributed by atoms with Gasteiger partial charge in [-0.3, -0.25) is 0 Å². The Morgan fingerprint density at radius 2 is 2.05 bits per heavy atom. The van der Waals surface area contributed by atoms with Crippen LogP contribution in [0.15, 0.2) is 27.2 Å². The molecule has 3 rings (SSSR count). The summed E-state index contributed by atoms with van der Waals surface area (Å²) in [5.74, 6) is 1.77. The molecule has 1 aromatic carbocycles. The van der Waals surface area contributed by atoms with Crippen molar-refractivity contribution in [1.82, 2.24) is 10.1 Å². The number of benzene rings is 1. The molecule has 1 aliphatic carbocycles. The standard InChI is InChI=1S/C15H17BrClN3O/c1-9-2-4-15(18,5-3-9)14-19-13(21-20-14)10-6-11(16)8-12(17)7-10/h6-9H,2-5,18H2,1H3. The number of nitrogens with two attached hydrogens (primary N) is 1. The number of hydrogen-bond donors (Lipinski definition) is 1. The van der Waals surface area contributed by atoms with E-state index >= 15 is 0 Å². The molecule has 0 spiro atoms. The van der Waals surface area contributed by atoms with Crippen LogP contribution in [0.5, 0.6) is 0 Å². The lowest BCUT2D eigenvalue weighted by Gasteiger charge is -2.33. The van der Waals surface area contributed by atoms with Crippen molar-refractivity contribution in [2.24, 2.45) is 11.7 Å². The predicted molar refractivity (Wildman–Crippen MR) is 85.9 cm³/mol. The lowest BCUT2D eigenvalue weighted by atomic mass is 9.77. The molecule has 0 unspecified atom stereocenters. The first-order valence-corrected chi connectivity index (χ1v) is 8.23. The van der Waals surface area contributed by atoms with Crippen LogP contribution < -0.4 is 5.73 Å². The van der Waals surface area contributed by atoms with Crippen molar-refractivity contribution in [3.8, 4) is 11.5 Å². The van der Waals surface area contributed by atoms with Gasteiger partial charge in [-0.2, -0.15) is 4.98 Å². The Kier molecular flexibility index (Phi) is 4.08. The van der Waals surface area contributed by atoms with Gasteiger partial charge in [-0.05, 0) is 49.8 Å². The number of halogens is 2. The Morgan fingerprint density at radius 3 is 2.71 bits per heavy atom. The molecular weight excluding hydrogens is 354 g/mol. The van der Waals surface area contributed by atoms with Crippen molar-refractivity contribution in [2.75, 3.05) is 0 Å². The molecule has 1 aliphatic rings. The molecule has 1 fully saturated rings. The Balaban J connectivity index is 1.89. The molecule has 0 radical (unpaired) electrons. The van der Waals surface area contributed by atoms with Crippen LogP contribution in [0, 0.1) is 5.92 Å². The lowest BCUT2D eigenvalue weighted by molar-refractivity contribution is 0.230. The first kappa shape index (κ1) is 15.0. The molecule has 112 valence electrons. The van der Waals surface area contributed by atoms with Gasteiger partial charge in [0.25, 0.3) is 5.89 Å². The minimum atomic E-state index is -0.468. The fraction of sp³-hybridized carbons (Fsp3) is 0.467. The van der Waals surface area contributed by atoms with Crippen LogP contribution in [0.25, 0.3) is 11.5 Å². The summed E-state index contributed by atoms with van der Waals surface area (Å²) >= 11 is 9.47. The van der Waals surface area contributed by atoms with Crippen molar-refractivity contribution in [3.05, 3.63) is 33.5 Å². The summed E-state index contributed by atoms with van der Waals surface area (Å²) < 4.78 is 6.26. The Bertz CT molecular complexity index is 630. The van der Waals surface area contributed by atoms with E-state index in [9.17, 15) is 0 Å². The monoisotopic (exact) mass is 369 g/mol. The molecule has 1 aromatic heterocycles. The van der Waals surface area contributed by atoms with Gasteiger partial charge in [0, 0.05) is 15.1 Å². The molecular formula is C15H17BrClN3O. The summed E-state index contributed by atoms with van der Waals surface area (Å²) in [6.07, 6.45) is 3.99. The zero-order valence-electron chi connectivity index (χ0n) is 11.8. The fourth-order valence-corrected chi connectivity index (χ4v) is 3.58. The van der Waals surface area contributed by atoms with Crippen molar-refractivity contribution < 1.29 is 4.52 Å². The summed E-state index contributed by atoms with van der Waals surface area (Å²) in [4.78, 5) is 4.50. The third-order valence-corrected chi connectivity index (χ3v) is 4.82. The van der Waals surface area contributed by atoms with Crippen LogP contribution in [0.1, 0.15) is 38.4 Å². The van der Waals surface area contributed by atoms with E-state index in [2.05, 4.69) is 33.0 Å². The summed E-state index contributed by atoms with van der Waals surface area (Å²) in [6, 6.07) is 5.51. The minimum absolute atomic E-state index is 0.455. The maximum atomic E-state index is 6.47. The van der Waals surface area contributed by atoms with Crippen LogP contribution in [-0.2, 0) is 5.54 Å². The first-order chi connectivity index (χ1) is 9.96. The molecule has 21 heavy (non-hydrogen) atoms. The highest BCUT2D eigenvalue weighted by atomic mass is 79.9. The largest absolute Gasteiger partial charge is 0.334 e. The zero-order valence-corrected chi connectivity index (χ0v) is 14.1. The number of rotatable bonds is 2. The SMILES string of the molecule is CC1CCC(N)(c2noc(-c3cc(Cl)cc(Br)c3)n2)CC1. The molecule has 1 heterocycles. The van der Waals surface area contributed by atoms with Gasteiger partial charge in [-0.15, -0.1) is 0 Å². The quantitative estimate of drug-likeness (QED) is 0.844. The third kappa shape index (κ3) is 3.15. The Hall–Kier alpha value is -0.910. The molecule has 2 aromatic rings. The second-order valence-electron chi connectivity index (χ2n) is 5.92. The van der Waals surface area contributed by atoms with Gasteiger partial charge in [0.15, 0.2) is 5.82 Å². The highest BCUT2D eigenvalue weighted by molar-refractivity contribution is 9.10. The molecule has 0 aliphatic heterocycles. The van der Waals surface area contributed by atoms with Crippen LogP contribution in [0.3, 0.4) is 0 Å². The summed E-state index contributed by atoms with van der Waals surface area (Å²) in [6.45, 7) is 2.25. The fourth-order valence-electron chi connectivity index (χ4n) is 2.72. The Labute approximate surface area is 137 Å². The molecule has 0 atom stereocenters. The van der Waals surface area contributed by atoms with Crippen LogP contribution in [0.2, 0.25) is 5.02 Å². The molecule has 0 bridgehead atoms. The second kappa shape index (κ2) is 5.71. The molecule has 0 saturated heterocycles. The summed E-state index contributed by atoms with van der Waals surface area (Å²) in [5.41, 5.74) is 6.80. The van der Waals surface area contributed by atoms with Crippen LogP contribution in [0.4, 0.5) is 0 Å². The van der Waals surface area contributed by atoms with Gasteiger partial charge in [0.05, 0.1) is 5.54 Å². The van der Waals surface area contributed by atoms with E-state index in [-0.39, 0.29) is 0 Å². The normalized spacial score (nSPS) is 26.0. The van der Waals surface area contributed by atoms with Gasteiger partial charge in [0.1, 0.15) is 0 Å². The van der Waals surface area contributed by atoms with Crippen LogP contribution >= 0.6 is 27.5 Å². The topological polar surface area (TPSA) is 64.9 Å². The van der Waals surface area contributed by atoms with Gasteiger partial charge in [0.2, 0.25) is 0 Å². The van der Waals surface area contributed by atoms with Gasteiger partial charge >= 0.3 is 0 Å². The van der Waals surface area contributed by atoms with Crippen molar-refractivity contribution in [3.63, 3.8) is 0 Å². The van der Waals surface area contributed by atoms with Crippen molar-refractivity contribution in [2.45, 2.75) is 38.1 Å². The van der Waals surface area contributed by atoms with Crippen molar-refractivity contribution in [1.29, 1.82) is 0 Å². The summed E-state index contributed by atoms with van der Waals surface area (Å²) in [5, 5.41) is 4.72. The molecule has 6 heteroatoms. The smallest absolute Gasteiger partial charge is 0.258 e. The van der Waals surface area contributed by atoms with E-state index in [0.29, 0.717) is 16.7 Å². The van der Waals surface area contributed by atoms with Gasteiger partial charge in [-0.1, -0.05) is 39.6 Å². The number of aromatic nitrogens is 2. The van der Waals surface area contributed by atoms with E-state index in [1.807, 2.05) is 12.1 Å². The van der Waals surface area contributed by atoms with Crippen LogP contribution in [-0.4, -0.2) is 10.1 Å². The number of hydrogen-bond acceptors (Lipinski definition) is 4. The molecule has 0 amide bonds. The van der Waals surface area contributed by atoms with Crippen molar-refractivity contribution >= 4 is 27.5 Å². The van der Waals surface area contributed by atoms with E-state index in [1.165, 1.54) is 0 Å². The maximum absolute atomic E-state index is 6.47. The van der Waals surface area contributed by atoms with E-state index in [1.54, 1.807) is 6.07 Å². The zero-order chi connectivity index (χ0) is 15.0. The minimum Gasteiger partial charge on any atom is -0.334 e. The van der Waals surface area contributed by atoms with Gasteiger partial charge < -0.3 is 10.3 Å². The average Bonchev–Trinajstić information content (AvgIpc) is 2.92. The van der Waals surface area contributed by atoms with E-state index in [4.69, 9.17) is 21.9 Å². The van der Waals surface area contributed by atoms with E-state index < -0.39 is 5.54 Å². The third-order valence-electron chi connectivity index (χ3n) is 4.15. The van der Waals surface area contributed by atoms with E-state index in [0.717, 1.165) is 41.6 Å². The van der Waals surface area contributed by atoms with Gasteiger partial charge in [-0.25, -0.2) is 0 Å².